The number of aromatic hydroxyl groups is 1. The van der Waals surface area contributed by atoms with Crippen molar-refractivity contribution in [1.82, 2.24) is 25.2 Å². The van der Waals surface area contributed by atoms with Gasteiger partial charge in [0.25, 0.3) is 5.91 Å². The fourth-order valence-corrected chi connectivity index (χ4v) is 4.22. The summed E-state index contributed by atoms with van der Waals surface area (Å²) in [5.41, 5.74) is 4.43. The zero-order valence-corrected chi connectivity index (χ0v) is 16.7. The minimum absolute atomic E-state index is 0.171. The summed E-state index contributed by atoms with van der Waals surface area (Å²) in [6, 6.07) is 11.6. The number of rotatable bonds is 3. The van der Waals surface area contributed by atoms with E-state index in [1.807, 2.05) is 12.1 Å². The van der Waals surface area contributed by atoms with E-state index in [4.69, 9.17) is 0 Å². The van der Waals surface area contributed by atoms with Crippen LogP contribution < -0.4 is 5.32 Å². The van der Waals surface area contributed by atoms with Crippen molar-refractivity contribution < 1.29 is 19.5 Å². The van der Waals surface area contributed by atoms with Crippen molar-refractivity contribution in [2.24, 2.45) is 7.05 Å². The lowest BCUT2D eigenvalue weighted by Crippen LogP contribution is -2.52. The Labute approximate surface area is 177 Å². The zero-order chi connectivity index (χ0) is 21.7. The van der Waals surface area contributed by atoms with Gasteiger partial charge in [-0.1, -0.05) is 11.3 Å². The third-order valence-corrected chi connectivity index (χ3v) is 5.76. The number of aryl methyl sites for hydroxylation is 1. The number of carbonyl (C=O) groups excluding carboxylic acids is 3. The number of amides is 3. The first kappa shape index (κ1) is 19.0. The van der Waals surface area contributed by atoms with Gasteiger partial charge in [0.05, 0.1) is 5.69 Å². The molecule has 1 saturated heterocycles. The van der Waals surface area contributed by atoms with E-state index in [1.54, 1.807) is 42.1 Å². The summed E-state index contributed by atoms with van der Waals surface area (Å²) >= 11 is 0. The molecule has 3 aromatic rings. The van der Waals surface area contributed by atoms with Crippen molar-refractivity contribution in [3.63, 3.8) is 0 Å². The van der Waals surface area contributed by atoms with E-state index < -0.39 is 11.9 Å². The molecule has 3 amide bonds. The second-order valence-corrected chi connectivity index (χ2v) is 7.73. The van der Waals surface area contributed by atoms with Gasteiger partial charge in [-0.05, 0) is 48.4 Å². The first-order chi connectivity index (χ1) is 14.9. The standard InChI is InChI=1S/C22H19N5O4/c1-26-20(12-2-5-15(28)6-3-12)19(24-25-26)13-4-7-16-14(10-13)11-27(22(16)31)17-8-9-18(29)23-21(17)30/h2-7,10,17,28H,8-9,11H2,1H3,(H,23,29,30). The summed E-state index contributed by atoms with van der Waals surface area (Å²) in [6.45, 7) is 0.295. The molecule has 5 rings (SSSR count). The van der Waals surface area contributed by atoms with Crippen molar-refractivity contribution in [1.29, 1.82) is 0 Å². The van der Waals surface area contributed by atoms with Crippen LogP contribution in [0.15, 0.2) is 42.5 Å². The van der Waals surface area contributed by atoms with E-state index in [0.717, 1.165) is 22.4 Å². The Balaban J connectivity index is 1.49. The summed E-state index contributed by atoms with van der Waals surface area (Å²) < 4.78 is 1.66. The summed E-state index contributed by atoms with van der Waals surface area (Å²) in [7, 11) is 1.79. The van der Waals surface area contributed by atoms with Crippen LogP contribution in [0.2, 0.25) is 0 Å². The van der Waals surface area contributed by atoms with Crippen molar-refractivity contribution in [3.8, 4) is 28.3 Å². The van der Waals surface area contributed by atoms with Crippen molar-refractivity contribution in [3.05, 3.63) is 53.6 Å². The number of carbonyl (C=O) groups is 3. The number of hydrogen-bond donors (Lipinski definition) is 2. The Morgan fingerprint density at radius 3 is 2.55 bits per heavy atom. The number of fused-ring (bicyclic) bond motifs is 1. The number of nitrogens with one attached hydrogen (secondary N) is 1. The number of benzene rings is 2. The second-order valence-electron chi connectivity index (χ2n) is 7.73. The third kappa shape index (κ3) is 3.14. The molecule has 0 bridgehead atoms. The van der Waals surface area contributed by atoms with Crippen molar-refractivity contribution in [2.75, 3.05) is 0 Å². The van der Waals surface area contributed by atoms with Crippen molar-refractivity contribution >= 4 is 17.7 Å². The van der Waals surface area contributed by atoms with E-state index >= 15 is 0 Å². The number of imide groups is 1. The summed E-state index contributed by atoms with van der Waals surface area (Å²) in [5.74, 6) is -0.780. The molecule has 2 aromatic carbocycles. The molecule has 2 aliphatic heterocycles. The van der Waals surface area contributed by atoms with Gasteiger partial charge in [0.2, 0.25) is 11.8 Å². The Kier molecular flexibility index (Phi) is 4.32. The number of nitrogens with zero attached hydrogens (tertiary/aromatic N) is 4. The van der Waals surface area contributed by atoms with Crippen LogP contribution in [0.5, 0.6) is 5.75 Å². The number of phenolic OH excluding ortho intramolecular Hbond substituents is 1. The average molecular weight is 417 g/mol. The third-order valence-electron chi connectivity index (χ3n) is 5.76. The normalized spacial score (nSPS) is 18.3. The predicted octanol–water partition coefficient (Wildman–Crippen LogP) is 1.62. The van der Waals surface area contributed by atoms with Crippen LogP contribution in [0.4, 0.5) is 0 Å². The lowest BCUT2D eigenvalue weighted by molar-refractivity contribution is -0.136. The summed E-state index contributed by atoms with van der Waals surface area (Å²) in [4.78, 5) is 38.1. The van der Waals surface area contributed by atoms with Gasteiger partial charge in [-0.15, -0.1) is 5.10 Å². The zero-order valence-electron chi connectivity index (χ0n) is 16.7. The topological polar surface area (TPSA) is 117 Å². The van der Waals surface area contributed by atoms with Crippen LogP contribution in [-0.2, 0) is 23.2 Å². The quantitative estimate of drug-likeness (QED) is 0.626. The van der Waals surface area contributed by atoms with E-state index in [1.165, 1.54) is 4.90 Å². The van der Waals surface area contributed by atoms with Gasteiger partial charge in [0.1, 0.15) is 17.5 Å². The molecule has 2 aliphatic rings. The smallest absolute Gasteiger partial charge is 0.255 e. The molecule has 0 radical (unpaired) electrons. The van der Waals surface area contributed by atoms with Crippen LogP contribution >= 0.6 is 0 Å². The predicted molar refractivity (Wildman–Crippen MR) is 110 cm³/mol. The van der Waals surface area contributed by atoms with Gasteiger partial charge in [0, 0.05) is 36.7 Å². The molecule has 9 heteroatoms. The minimum Gasteiger partial charge on any atom is -0.508 e. The monoisotopic (exact) mass is 417 g/mol. The summed E-state index contributed by atoms with van der Waals surface area (Å²) in [5, 5.41) is 20.4. The lowest BCUT2D eigenvalue weighted by atomic mass is 10.0. The van der Waals surface area contributed by atoms with Crippen LogP contribution in [-0.4, -0.2) is 48.8 Å². The van der Waals surface area contributed by atoms with Crippen LogP contribution in [0, 0.1) is 0 Å². The van der Waals surface area contributed by atoms with Gasteiger partial charge in [-0.25, -0.2) is 4.68 Å². The largest absolute Gasteiger partial charge is 0.508 e. The number of piperidine rings is 1. The van der Waals surface area contributed by atoms with Crippen LogP contribution in [0.3, 0.4) is 0 Å². The first-order valence-electron chi connectivity index (χ1n) is 9.89. The molecule has 1 fully saturated rings. The SMILES string of the molecule is Cn1nnc(-c2ccc3c(c2)CN(C2CCC(=O)NC2=O)C3=O)c1-c1ccc(O)cc1. The highest BCUT2D eigenvalue weighted by Crippen LogP contribution is 2.34. The van der Waals surface area contributed by atoms with Crippen LogP contribution in [0.1, 0.15) is 28.8 Å². The van der Waals surface area contributed by atoms with Gasteiger partial charge >= 0.3 is 0 Å². The molecule has 3 heterocycles. The fraction of sp³-hybridized carbons (Fsp3) is 0.227. The molecular weight excluding hydrogens is 398 g/mol. The minimum atomic E-state index is -0.648. The number of aromatic nitrogens is 3. The van der Waals surface area contributed by atoms with E-state index in [2.05, 4.69) is 15.6 Å². The second kappa shape index (κ2) is 7.05. The Bertz CT molecular complexity index is 1230. The van der Waals surface area contributed by atoms with E-state index in [-0.39, 0.29) is 24.0 Å². The maximum Gasteiger partial charge on any atom is 0.255 e. The molecule has 9 nitrogen and oxygen atoms in total. The van der Waals surface area contributed by atoms with Gasteiger partial charge in [-0.2, -0.15) is 0 Å². The maximum absolute atomic E-state index is 12.9. The highest BCUT2D eigenvalue weighted by Gasteiger charge is 2.39. The highest BCUT2D eigenvalue weighted by molar-refractivity contribution is 6.05. The van der Waals surface area contributed by atoms with E-state index in [9.17, 15) is 19.5 Å². The Morgan fingerprint density at radius 1 is 1.06 bits per heavy atom. The van der Waals surface area contributed by atoms with Gasteiger partial charge in [0.15, 0.2) is 0 Å². The number of phenols is 1. The molecule has 31 heavy (non-hydrogen) atoms. The highest BCUT2D eigenvalue weighted by atomic mass is 16.3. The lowest BCUT2D eigenvalue weighted by Gasteiger charge is -2.29. The molecule has 156 valence electrons. The van der Waals surface area contributed by atoms with Gasteiger partial charge in [-0.3, -0.25) is 19.7 Å². The maximum atomic E-state index is 12.9. The van der Waals surface area contributed by atoms with Crippen molar-refractivity contribution in [2.45, 2.75) is 25.4 Å². The van der Waals surface area contributed by atoms with E-state index in [0.29, 0.717) is 24.2 Å². The molecule has 1 atom stereocenters. The first-order valence-corrected chi connectivity index (χ1v) is 9.89. The molecule has 1 unspecified atom stereocenters. The Hall–Kier alpha value is -4.01. The molecule has 0 spiro atoms. The van der Waals surface area contributed by atoms with Gasteiger partial charge < -0.3 is 10.0 Å². The molecule has 0 aliphatic carbocycles. The molecule has 2 N–H and O–H groups in total. The fourth-order valence-electron chi connectivity index (χ4n) is 4.22. The molecule has 1 aromatic heterocycles. The number of hydrogen-bond acceptors (Lipinski definition) is 6. The van der Waals surface area contributed by atoms with Crippen LogP contribution in [0.25, 0.3) is 22.5 Å². The average Bonchev–Trinajstić information content (AvgIpc) is 3.28. The Morgan fingerprint density at radius 2 is 1.81 bits per heavy atom. The summed E-state index contributed by atoms with van der Waals surface area (Å²) in [6.07, 6.45) is 0.545. The molecular formula is C22H19N5O4. The molecule has 0 saturated carbocycles.